The lowest BCUT2D eigenvalue weighted by atomic mass is 9.82. The van der Waals surface area contributed by atoms with Crippen LogP contribution >= 0.6 is 0 Å². The minimum absolute atomic E-state index is 0.0519. The van der Waals surface area contributed by atoms with Crippen LogP contribution < -0.4 is 5.63 Å². The van der Waals surface area contributed by atoms with Crippen LogP contribution in [0.5, 0.6) is 0 Å². The molecule has 5 aromatic carbocycles. The van der Waals surface area contributed by atoms with Gasteiger partial charge in [-0.15, -0.1) is 0 Å². The van der Waals surface area contributed by atoms with Gasteiger partial charge in [-0.2, -0.15) is 0 Å². The molecule has 0 spiro atoms. The van der Waals surface area contributed by atoms with E-state index in [1.54, 1.807) is 0 Å². The molecule has 0 unspecified atom stereocenters. The van der Waals surface area contributed by atoms with Crippen molar-refractivity contribution in [3.05, 3.63) is 125 Å². The molecule has 3 nitrogen and oxygen atoms in total. The molecule has 176 valence electrons. The average Bonchev–Trinajstić information content (AvgIpc) is 3.39. The second-order valence-corrected chi connectivity index (χ2v) is 10.5. The molecule has 37 heavy (non-hydrogen) atoms. The van der Waals surface area contributed by atoms with E-state index in [9.17, 15) is 4.79 Å². The van der Waals surface area contributed by atoms with Gasteiger partial charge in [0.15, 0.2) is 5.58 Å². The summed E-state index contributed by atoms with van der Waals surface area (Å²) in [7, 11) is 0. The number of benzene rings is 5. The molecule has 2 aromatic heterocycles. The van der Waals surface area contributed by atoms with Crippen molar-refractivity contribution in [2.45, 2.75) is 19.3 Å². The van der Waals surface area contributed by atoms with Crippen molar-refractivity contribution in [3.63, 3.8) is 0 Å². The van der Waals surface area contributed by atoms with Crippen LogP contribution in [0.3, 0.4) is 0 Å². The minimum atomic E-state index is -0.308. The fourth-order valence-corrected chi connectivity index (χ4v) is 6.50. The van der Waals surface area contributed by atoms with Crippen molar-refractivity contribution in [1.29, 1.82) is 0 Å². The highest BCUT2D eigenvalue weighted by Crippen LogP contribution is 2.49. The average molecular weight is 478 g/mol. The first-order chi connectivity index (χ1) is 18.0. The number of hydrogen-bond acceptors (Lipinski definition) is 2. The molecular formula is C34H23NO2. The lowest BCUT2D eigenvalue weighted by Gasteiger charge is -2.21. The Morgan fingerprint density at radius 1 is 0.622 bits per heavy atom. The molecule has 7 aromatic rings. The van der Waals surface area contributed by atoms with E-state index in [0.29, 0.717) is 11.0 Å². The monoisotopic (exact) mass is 477 g/mol. The van der Waals surface area contributed by atoms with Gasteiger partial charge >= 0.3 is 5.63 Å². The smallest absolute Gasteiger partial charge is 0.344 e. The second-order valence-electron chi connectivity index (χ2n) is 10.5. The van der Waals surface area contributed by atoms with E-state index in [1.807, 2.05) is 24.3 Å². The molecule has 0 bridgehead atoms. The number of para-hydroxylation sites is 1. The van der Waals surface area contributed by atoms with Crippen LogP contribution in [0.2, 0.25) is 0 Å². The third-order valence-electron chi connectivity index (χ3n) is 8.25. The Balaban J connectivity index is 1.54. The van der Waals surface area contributed by atoms with Crippen molar-refractivity contribution >= 4 is 43.5 Å². The van der Waals surface area contributed by atoms with Gasteiger partial charge in [0, 0.05) is 27.3 Å². The standard InChI is InChI=1S/C34H23NO2/c1-34(2)28-13-7-5-10-22(28)27-19-20(15-18-29(27)34)35-30-14-8-6-11-23(30)24-16-17-25-21-9-3-4-12-26(21)33(36)37-32(25)31(24)35/h3-19H,1-2H3. The Bertz CT molecular complexity index is 2140. The molecular weight excluding hydrogens is 454 g/mol. The quantitative estimate of drug-likeness (QED) is 0.176. The fraction of sp³-hybridized carbons (Fsp3) is 0.0882. The molecule has 0 saturated carbocycles. The highest BCUT2D eigenvalue weighted by Gasteiger charge is 2.35. The molecule has 0 N–H and O–H groups in total. The first kappa shape index (κ1) is 20.6. The van der Waals surface area contributed by atoms with Gasteiger partial charge < -0.3 is 8.98 Å². The van der Waals surface area contributed by atoms with E-state index in [-0.39, 0.29) is 11.0 Å². The first-order valence-corrected chi connectivity index (χ1v) is 12.7. The number of hydrogen-bond donors (Lipinski definition) is 0. The summed E-state index contributed by atoms with van der Waals surface area (Å²) >= 11 is 0. The van der Waals surface area contributed by atoms with Crippen LogP contribution in [0, 0.1) is 0 Å². The van der Waals surface area contributed by atoms with E-state index in [4.69, 9.17) is 4.42 Å². The van der Waals surface area contributed by atoms with Crippen LogP contribution in [0.25, 0.3) is 60.4 Å². The molecule has 0 amide bonds. The lowest BCUT2D eigenvalue weighted by Crippen LogP contribution is -2.14. The van der Waals surface area contributed by atoms with Gasteiger partial charge in [0.2, 0.25) is 0 Å². The van der Waals surface area contributed by atoms with Crippen LogP contribution in [0.1, 0.15) is 25.0 Å². The largest absolute Gasteiger partial charge is 0.420 e. The first-order valence-electron chi connectivity index (χ1n) is 12.7. The van der Waals surface area contributed by atoms with E-state index < -0.39 is 0 Å². The van der Waals surface area contributed by atoms with Crippen molar-refractivity contribution in [1.82, 2.24) is 4.57 Å². The van der Waals surface area contributed by atoms with Gasteiger partial charge in [-0.3, -0.25) is 0 Å². The SMILES string of the molecule is CC1(C)c2ccccc2-c2cc(-n3c4ccccc4c4ccc5c6ccccc6c(=O)oc5c43)ccc21. The second kappa shape index (κ2) is 6.98. The third-order valence-corrected chi connectivity index (χ3v) is 8.25. The normalized spacial score (nSPS) is 14.0. The van der Waals surface area contributed by atoms with Crippen molar-refractivity contribution in [2.75, 3.05) is 0 Å². The summed E-state index contributed by atoms with van der Waals surface area (Å²) in [4.78, 5) is 13.1. The predicted molar refractivity (Wildman–Crippen MR) is 152 cm³/mol. The maximum atomic E-state index is 13.1. The lowest BCUT2D eigenvalue weighted by molar-refractivity contribution is 0.572. The zero-order valence-corrected chi connectivity index (χ0v) is 20.6. The maximum absolute atomic E-state index is 13.1. The number of aromatic nitrogens is 1. The fourth-order valence-electron chi connectivity index (χ4n) is 6.50. The summed E-state index contributed by atoms with van der Waals surface area (Å²) in [6.07, 6.45) is 0. The summed E-state index contributed by atoms with van der Waals surface area (Å²) in [5, 5.41) is 4.67. The summed E-state index contributed by atoms with van der Waals surface area (Å²) in [6, 6.07) is 35.8. The van der Waals surface area contributed by atoms with Gasteiger partial charge in [0.25, 0.3) is 0 Å². The van der Waals surface area contributed by atoms with E-state index >= 15 is 0 Å². The number of fused-ring (bicyclic) bond motifs is 10. The number of rotatable bonds is 1. The third kappa shape index (κ3) is 2.58. The minimum Gasteiger partial charge on any atom is -0.420 e. The molecule has 8 rings (SSSR count). The molecule has 1 aliphatic rings. The highest BCUT2D eigenvalue weighted by molar-refractivity contribution is 6.20. The summed E-state index contributed by atoms with van der Waals surface area (Å²) in [5.41, 5.74) is 8.57. The van der Waals surface area contributed by atoms with Crippen molar-refractivity contribution < 1.29 is 4.42 Å². The van der Waals surface area contributed by atoms with Gasteiger partial charge in [-0.25, -0.2) is 4.79 Å². The summed E-state index contributed by atoms with van der Waals surface area (Å²) < 4.78 is 8.35. The molecule has 0 fully saturated rings. The molecule has 0 radical (unpaired) electrons. The Hall–Kier alpha value is -4.63. The Labute approximate surface area is 213 Å². The van der Waals surface area contributed by atoms with Crippen LogP contribution in [0.15, 0.2) is 112 Å². The molecule has 0 aliphatic heterocycles. The maximum Gasteiger partial charge on any atom is 0.344 e. The van der Waals surface area contributed by atoms with Gasteiger partial charge in [0.1, 0.15) is 0 Å². The Morgan fingerprint density at radius 3 is 2.16 bits per heavy atom. The predicted octanol–water partition coefficient (Wildman–Crippen LogP) is 8.35. The Morgan fingerprint density at radius 2 is 1.30 bits per heavy atom. The van der Waals surface area contributed by atoms with Crippen LogP contribution in [-0.2, 0) is 5.41 Å². The van der Waals surface area contributed by atoms with Gasteiger partial charge in [-0.1, -0.05) is 86.6 Å². The van der Waals surface area contributed by atoms with Gasteiger partial charge in [-0.05, 0) is 58.0 Å². The number of nitrogens with zero attached hydrogens (tertiary/aromatic N) is 1. The molecule has 0 saturated heterocycles. The van der Waals surface area contributed by atoms with Crippen LogP contribution in [0.4, 0.5) is 0 Å². The highest BCUT2D eigenvalue weighted by atomic mass is 16.4. The van der Waals surface area contributed by atoms with Crippen molar-refractivity contribution in [3.8, 4) is 16.8 Å². The summed E-state index contributed by atoms with van der Waals surface area (Å²) in [5.74, 6) is 0. The van der Waals surface area contributed by atoms with Crippen molar-refractivity contribution in [2.24, 2.45) is 0 Å². The summed E-state index contributed by atoms with van der Waals surface area (Å²) in [6.45, 7) is 4.59. The van der Waals surface area contributed by atoms with Gasteiger partial charge in [0.05, 0.1) is 16.4 Å². The topological polar surface area (TPSA) is 35.1 Å². The van der Waals surface area contributed by atoms with Crippen LogP contribution in [-0.4, -0.2) is 4.57 Å². The van der Waals surface area contributed by atoms with E-state index in [1.165, 1.54) is 22.3 Å². The van der Waals surface area contributed by atoms with E-state index in [0.717, 1.165) is 38.3 Å². The molecule has 3 heteroatoms. The molecule has 2 heterocycles. The zero-order valence-electron chi connectivity index (χ0n) is 20.6. The Kier molecular flexibility index (Phi) is 3.88. The zero-order chi connectivity index (χ0) is 24.9. The van der Waals surface area contributed by atoms with E-state index in [2.05, 4.69) is 97.3 Å². The molecule has 1 aliphatic carbocycles. The molecule has 0 atom stereocenters.